The Morgan fingerprint density at radius 3 is 2.82 bits per heavy atom. The summed E-state index contributed by atoms with van der Waals surface area (Å²) in [4.78, 5) is 1.79. The van der Waals surface area contributed by atoms with Crippen LogP contribution >= 0.6 is 33.9 Å². The molecule has 0 saturated carbocycles. The van der Waals surface area contributed by atoms with Crippen LogP contribution in [0.4, 0.5) is 10.1 Å². The maximum atomic E-state index is 12.9. The van der Waals surface area contributed by atoms with Crippen LogP contribution in [0.3, 0.4) is 0 Å². The molecule has 0 bridgehead atoms. The predicted molar refractivity (Wildman–Crippen MR) is 75.5 cm³/mol. The summed E-state index contributed by atoms with van der Waals surface area (Å²) in [6, 6.07) is 10.5. The summed E-state index contributed by atoms with van der Waals surface area (Å²) >= 11 is 3.55. The number of rotatable bonds is 3. The second-order valence-electron chi connectivity index (χ2n) is 3.36. The van der Waals surface area contributed by atoms with Crippen molar-refractivity contribution < 1.29 is 4.39 Å². The van der Waals surface area contributed by atoms with Crippen LogP contribution in [-0.2, 0) is 6.54 Å². The molecule has 2 aromatic rings. The summed E-state index contributed by atoms with van der Waals surface area (Å²) < 4.78 is 13.7. The molecule has 2 rings (SSSR count). The number of nitrogens with zero attached hydrogens (tertiary/aromatic N) is 1. The molecule has 0 fully saturated rings. The Labute approximate surface area is 116 Å². The van der Waals surface area contributed by atoms with Crippen molar-refractivity contribution in [2.24, 2.45) is 0 Å². The van der Waals surface area contributed by atoms with Crippen LogP contribution in [0.2, 0.25) is 0 Å². The third-order valence-electron chi connectivity index (χ3n) is 2.16. The van der Waals surface area contributed by atoms with Crippen molar-refractivity contribution in [2.75, 3.05) is 5.32 Å². The molecule has 0 unspecified atom stereocenters. The molecule has 17 heavy (non-hydrogen) atoms. The van der Waals surface area contributed by atoms with Crippen LogP contribution in [0, 0.1) is 20.7 Å². The summed E-state index contributed by atoms with van der Waals surface area (Å²) in [7, 11) is 0. The SMILES string of the molecule is N#Cc1ccc(CNc2ccc(F)cc2I)s1. The van der Waals surface area contributed by atoms with Gasteiger partial charge in [0.15, 0.2) is 0 Å². The first-order chi connectivity index (χ1) is 8.19. The van der Waals surface area contributed by atoms with Gasteiger partial charge in [0.2, 0.25) is 0 Å². The highest BCUT2D eigenvalue weighted by atomic mass is 127. The minimum Gasteiger partial charge on any atom is -0.379 e. The monoisotopic (exact) mass is 358 g/mol. The number of thiophene rings is 1. The van der Waals surface area contributed by atoms with E-state index in [4.69, 9.17) is 5.26 Å². The zero-order chi connectivity index (χ0) is 12.3. The number of halogens is 2. The summed E-state index contributed by atoms with van der Waals surface area (Å²) in [5, 5.41) is 11.9. The molecule has 86 valence electrons. The van der Waals surface area contributed by atoms with Gasteiger partial charge in [0.1, 0.15) is 16.8 Å². The van der Waals surface area contributed by atoms with Crippen molar-refractivity contribution in [3.63, 3.8) is 0 Å². The van der Waals surface area contributed by atoms with Crippen LogP contribution in [0.5, 0.6) is 0 Å². The average molecular weight is 358 g/mol. The van der Waals surface area contributed by atoms with E-state index in [0.29, 0.717) is 11.4 Å². The van der Waals surface area contributed by atoms with Crippen LogP contribution in [-0.4, -0.2) is 0 Å². The molecule has 5 heteroatoms. The van der Waals surface area contributed by atoms with E-state index < -0.39 is 0 Å². The molecule has 2 nitrogen and oxygen atoms in total. The van der Waals surface area contributed by atoms with Gasteiger partial charge in [-0.25, -0.2) is 4.39 Å². The van der Waals surface area contributed by atoms with Crippen LogP contribution in [0.1, 0.15) is 9.75 Å². The van der Waals surface area contributed by atoms with Gasteiger partial charge in [-0.3, -0.25) is 0 Å². The minimum atomic E-state index is -0.233. The number of nitrogens with one attached hydrogen (secondary N) is 1. The molecule has 0 atom stereocenters. The Balaban J connectivity index is 2.05. The maximum Gasteiger partial charge on any atom is 0.124 e. The molecule has 1 N–H and O–H groups in total. The van der Waals surface area contributed by atoms with Gasteiger partial charge in [-0.05, 0) is 52.9 Å². The van der Waals surface area contributed by atoms with Gasteiger partial charge >= 0.3 is 0 Å². The first-order valence-electron chi connectivity index (χ1n) is 4.87. The topological polar surface area (TPSA) is 35.8 Å². The second kappa shape index (κ2) is 5.47. The molecule has 0 radical (unpaired) electrons. The average Bonchev–Trinajstić information content (AvgIpc) is 2.76. The van der Waals surface area contributed by atoms with E-state index in [0.717, 1.165) is 14.1 Å². The number of benzene rings is 1. The summed E-state index contributed by atoms with van der Waals surface area (Å²) in [5.74, 6) is -0.233. The Kier molecular flexibility index (Phi) is 3.97. The van der Waals surface area contributed by atoms with Gasteiger partial charge in [0.25, 0.3) is 0 Å². The first kappa shape index (κ1) is 12.3. The van der Waals surface area contributed by atoms with Crippen molar-refractivity contribution in [2.45, 2.75) is 6.54 Å². The van der Waals surface area contributed by atoms with E-state index in [1.807, 2.05) is 6.07 Å². The number of nitriles is 1. The number of hydrogen-bond acceptors (Lipinski definition) is 3. The first-order valence-corrected chi connectivity index (χ1v) is 6.76. The van der Waals surface area contributed by atoms with Crippen LogP contribution in [0.15, 0.2) is 30.3 Å². The maximum absolute atomic E-state index is 12.9. The van der Waals surface area contributed by atoms with Crippen molar-refractivity contribution in [1.82, 2.24) is 0 Å². The second-order valence-corrected chi connectivity index (χ2v) is 5.69. The Morgan fingerprint density at radius 2 is 2.18 bits per heavy atom. The molecular formula is C12H8FIN2S. The summed E-state index contributed by atoms with van der Waals surface area (Å²) in [5.41, 5.74) is 0.902. The van der Waals surface area contributed by atoms with Crippen molar-refractivity contribution in [1.29, 1.82) is 5.26 Å². The third kappa shape index (κ3) is 3.17. The van der Waals surface area contributed by atoms with Crippen molar-refractivity contribution >= 4 is 39.6 Å². The molecule has 0 aliphatic heterocycles. The van der Waals surface area contributed by atoms with Gasteiger partial charge < -0.3 is 5.32 Å². The van der Waals surface area contributed by atoms with E-state index in [1.54, 1.807) is 12.1 Å². The molecule has 0 saturated heterocycles. The lowest BCUT2D eigenvalue weighted by atomic mass is 10.3. The van der Waals surface area contributed by atoms with Crippen molar-refractivity contribution in [3.8, 4) is 6.07 Å². The minimum absolute atomic E-state index is 0.233. The lowest BCUT2D eigenvalue weighted by molar-refractivity contribution is 0.627. The van der Waals surface area contributed by atoms with E-state index >= 15 is 0 Å². The van der Waals surface area contributed by atoms with Gasteiger partial charge in [-0.2, -0.15) is 5.26 Å². The van der Waals surface area contributed by atoms with Crippen LogP contribution in [0.25, 0.3) is 0 Å². The molecule has 0 aliphatic carbocycles. The van der Waals surface area contributed by atoms with Crippen LogP contribution < -0.4 is 5.32 Å². The highest BCUT2D eigenvalue weighted by Gasteiger charge is 2.03. The lowest BCUT2D eigenvalue weighted by Gasteiger charge is -2.07. The Morgan fingerprint density at radius 1 is 1.35 bits per heavy atom. The van der Waals surface area contributed by atoms with Gasteiger partial charge in [0.05, 0.1) is 0 Å². The van der Waals surface area contributed by atoms with Gasteiger partial charge in [0, 0.05) is 20.7 Å². The number of hydrogen-bond donors (Lipinski definition) is 1. The van der Waals surface area contributed by atoms with E-state index in [1.165, 1.54) is 23.5 Å². The van der Waals surface area contributed by atoms with E-state index in [9.17, 15) is 4.39 Å². The quantitative estimate of drug-likeness (QED) is 0.843. The highest BCUT2D eigenvalue weighted by molar-refractivity contribution is 14.1. The summed E-state index contributed by atoms with van der Waals surface area (Å²) in [6.07, 6.45) is 0. The summed E-state index contributed by atoms with van der Waals surface area (Å²) in [6.45, 7) is 0.647. The molecule has 0 aliphatic rings. The molecule has 0 spiro atoms. The molecule has 1 heterocycles. The lowest BCUT2D eigenvalue weighted by Crippen LogP contribution is -1.99. The fourth-order valence-electron chi connectivity index (χ4n) is 1.35. The Bertz CT molecular complexity index is 574. The molecule has 1 aromatic carbocycles. The van der Waals surface area contributed by atoms with Crippen molar-refractivity contribution in [3.05, 3.63) is 49.5 Å². The molecule has 1 aromatic heterocycles. The zero-order valence-electron chi connectivity index (χ0n) is 8.71. The smallest absolute Gasteiger partial charge is 0.124 e. The van der Waals surface area contributed by atoms with E-state index in [-0.39, 0.29) is 5.82 Å². The zero-order valence-corrected chi connectivity index (χ0v) is 11.7. The Hall–Kier alpha value is -1.13. The van der Waals surface area contributed by atoms with Gasteiger partial charge in [-0.15, -0.1) is 11.3 Å². The highest BCUT2D eigenvalue weighted by Crippen LogP contribution is 2.21. The molecular weight excluding hydrogens is 350 g/mol. The standard InChI is InChI=1S/C12H8FIN2S/c13-8-1-4-12(11(14)5-8)16-7-10-3-2-9(6-15)17-10/h1-5,16H,7H2. The normalized spacial score (nSPS) is 9.94. The fourth-order valence-corrected chi connectivity index (χ4v) is 2.76. The van der Waals surface area contributed by atoms with Gasteiger partial charge in [-0.1, -0.05) is 0 Å². The predicted octanol–water partition coefficient (Wildman–Crippen LogP) is 3.98. The third-order valence-corrected chi connectivity index (χ3v) is 4.04. The van der Waals surface area contributed by atoms with E-state index in [2.05, 4.69) is 34.0 Å². The number of anilines is 1. The molecule has 0 amide bonds. The largest absolute Gasteiger partial charge is 0.379 e. The fraction of sp³-hybridized carbons (Fsp3) is 0.0833.